The number of carbonyl (C=O) groups excluding carboxylic acids is 1. The Morgan fingerprint density at radius 1 is 1.25 bits per heavy atom. The van der Waals surface area contributed by atoms with E-state index in [1.807, 2.05) is 11.8 Å². The highest BCUT2D eigenvalue weighted by atomic mass is 127. The fourth-order valence-corrected chi connectivity index (χ4v) is 2.89. The van der Waals surface area contributed by atoms with Gasteiger partial charge in [-0.2, -0.15) is 0 Å². The van der Waals surface area contributed by atoms with Crippen LogP contribution in [0.25, 0.3) is 0 Å². The van der Waals surface area contributed by atoms with Crippen molar-refractivity contribution in [1.82, 2.24) is 20.4 Å². The zero-order valence-corrected chi connectivity index (χ0v) is 18.1. The van der Waals surface area contributed by atoms with Crippen LogP contribution in [0, 0.1) is 0 Å². The van der Waals surface area contributed by atoms with Crippen LogP contribution in [-0.4, -0.2) is 73.5 Å². The standard InChI is InChI=1S/C17H35N5O.HI/c1-5-11-21(8-4)13-10-19-17(18-7-3)20-15-9-12-22(14-15)16(23)6-2;/h15H,5-14H2,1-4H3,(H2,18,19,20);1H. The number of nitrogens with one attached hydrogen (secondary N) is 2. The predicted octanol–water partition coefficient (Wildman–Crippen LogP) is 1.90. The quantitative estimate of drug-likeness (QED) is 0.318. The molecular weight excluding hydrogens is 417 g/mol. The molecule has 2 N–H and O–H groups in total. The third-order valence-electron chi connectivity index (χ3n) is 4.20. The van der Waals surface area contributed by atoms with Crippen LogP contribution < -0.4 is 10.6 Å². The van der Waals surface area contributed by atoms with Gasteiger partial charge in [-0.15, -0.1) is 24.0 Å². The van der Waals surface area contributed by atoms with Gasteiger partial charge in [0.2, 0.25) is 5.91 Å². The van der Waals surface area contributed by atoms with Crippen molar-refractivity contribution in [2.75, 3.05) is 45.8 Å². The van der Waals surface area contributed by atoms with Gasteiger partial charge in [-0.25, -0.2) is 0 Å². The van der Waals surface area contributed by atoms with E-state index < -0.39 is 0 Å². The van der Waals surface area contributed by atoms with Gasteiger partial charge >= 0.3 is 0 Å². The van der Waals surface area contributed by atoms with Gasteiger partial charge in [-0.05, 0) is 32.9 Å². The lowest BCUT2D eigenvalue weighted by atomic mass is 10.3. The number of amides is 1. The van der Waals surface area contributed by atoms with E-state index in [2.05, 4.69) is 41.3 Å². The van der Waals surface area contributed by atoms with Gasteiger partial charge in [0.25, 0.3) is 0 Å². The molecule has 7 heteroatoms. The number of hydrogen-bond acceptors (Lipinski definition) is 3. The maximum atomic E-state index is 11.8. The molecule has 0 saturated carbocycles. The number of halogens is 1. The van der Waals surface area contributed by atoms with Crippen molar-refractivity contribution in [1.29, 1.82) is 0 Å². The summed E-state index contributed by atoms with van der Waals surface area (Å²) in [5.74, 6) is 1.12. The molecule has 0 aromatic heterocycles. The fourth-order valence-electron chi connectivity index (χ4n) is 2.89. The summed E-state index contributed by atoms with van der Waals surface area (Å²) in [7, 11) is 0. The number of guanidine groups is 1. The van der Waals surface area contributed by atoms with Gasteiger partial charge in [-0.3, -0.25) is 9.79 Å². The lowest BCUT2D eigenvalue weighted by Gasteiger charge is -2.20. The summed E-state index contributed by atoms with van der Waals surface area (Å²) in [4.78, 5) is 20.8. The minimum absolute atomic E-state index is 0. The summed E-state index contributed by atoms with van der Waals surface area (Å²) >= 11 is 0. The fraction of sp³-hybridized carbons (Fsp3) is 0.882. The van der Waals surface area contributed by atoms with Crippen LogP contribution in [0.1, 0.15) is 47.0 Å². The van der Waals surface area contributed by atoms with Gasteiger partial charge in [0.1, 0.15) is 0 Å². The minimum Gasteiger partial charge on any atom is -0.357 e. The van der Waals surface area contributed by atoms with Crippen LogP contribution in [0.4, 0.5) is 0 Å². The maximum absolute atomic E-state index is 11.8. The highest BCUT2D eigenvalue weighted by Gasteiger charge is 2.25. The van der Waals surface area contributed by atoms with E-state index in [0.717, 1.165) is 58.2 Å². The Hall–Kier alpha value is -0.570. The lowest BCUT2D eigenvalue weighted by Crippen LogP contribution is -2.45. The third-order valence-corrected chi connectivity index (χ3v) is 4.20. The van der Waals surface area contributed by atoms with Crippen molar-refractivity contribution in [3.05, 3.63) is 0 Å². The van der Waals surface area contributed by atoms with Crippen LogP contribution in [0.15, 0.2) is 4.99 Å². The second-order valence-corrected chi connectivity index (χ2v) is 6.02. The molecule has 1 amide bonds. The van der Waals surface area contributed by atoms with E-state index in [-0.39, 0.29) is 29.9 Å². The Morgan fingerprint density at radius 2 is 2.00 bits per heavy atom. The third kappa shape index (κ3) is 8.50. The van der Waals surface area contributed by atoms with Crippen molar-refractivity contribution in [3.8, 4) is 0 Å². The molecule has 1 fully saturated rings. The number of rotatable bonds is 9. The van der Waals surface area contributed by atoms with E-state index in [4.69, 9.17) is 0 Å². The number of likely N-dealkylation sites (tertiary alicyclic amines) is 1. The summed E-state index contributed by atoms with van der Waals surface area (Å²) < 4.78 is 0. The normalized spacial score (nSPS) is 17.8. The molecule has 24 heavy (non-hydrogen) atoms. The average Bonchev–Trinajstić information content (AvgIpc) is 3.02. The second kappa shape index (κ2) is 13.7. The first kappa shape index (κ1) is 23.4. The molecule has 0 bridgehead atoms. The smallest absolute Gasteiger partial charge is 0.222 e. The number of carbonyl (C=O) groups is 1. The van der Waals surface area contributed by atoms with Crippen LogP contribution in [0.5, 0.6) is 0 Å². The van der Waals surface area contributed by atoms with Crippen molar-refractivity contribution >= 4 is 35.8 Å². The Kier molecular flexibility index (Phi) is 13.4. The molecule has 1 saturated heterocycles. The molecule has 6 nitrogen and oxygen atoms in total. The molecule has 1 unspecified atom stereocenters. The molecule has 1 rings (SSSR count). The first-order valence-electron chi connectivity index (χ1n) is 9.19. The minimum atomic E-state index is 0. The van der Waals surface area contributed by atoms with Gasteiger partial charge < -0.3 is 20.4 Å². The molecule has 142 valence electrons. The van der Waals surface area contributed by atoms with Crippen molar-refractivity contribution < 1.29 is 4.79 Å². The van der Waals surface area contributed by atoms with Crippen LogP contribution in [0.2, 0.25) is 0 Å². The van der Waals surface area contributed by atoms with Crippen molar-refractivity contribution in [3.63, 3.8) is 0 Å². The second-order valence-electron chi connectivity index (χ2n) is 6.02. The molecular formula is C17H36IN5O. The van der Waals surface area contributed by atoms with Crippen LogP contribution >= 0.6 is 24.0 Å². The summed E-state index contributed by atoms with van der Waals surface area (Å²) in [6, 6.07) is 0.307. The van der Waals surface area contributed by atoms with Gasteiger partial charge in [0.15, 0.2) is 5.96 Å². The highest BCUT2D eigenvalue weighted by molar-refractivity contribution is 14.0. The molecule has 0 aliphatic carbocycles. The SMILES string of the molecule is CCCN(CC)CCN=C(NCC)NC1CCN(C(=O)CC)C1.I. The van der Waals surface area contributed by atoms with E-state index in [1.165, 1.54) is 6.42 Å². The number of aliphatic imine (C=N–C) groups is 1. The van der Waals surface area contributed by atoms with Crippen LogP contribution in [0.3, 0.4) is 0 Å². The van der Waals surface area contributed by atoms with Crippen LogP contribution in [-0.2, 0) is 4.79 Å². The van der Waals surface area contributed by atoms with Gasteiger partial charge in [0.05, 0.1) is 6.54 Å². The average molecular weight is 453 g/mol. The first-order valence-corrected chi connectivity index (χ1v) is 9.19. The number of likely N-dealkylation sites (N-methyl/N-ethyl adjacent to an activating group) is 1. The maximum Gasteiger partial charge on any atom is 0.222 e. The molecule has 1 aliphatic rings. The van der Waals surface area contributed by atoms with E-state index in [0.29, 0.717) is 12.5 Å². The molecule has 1 heterocycles. The number of hydrogen-bond donors (Lipinski definition) is 2. The van der Waals surface area contributed by atoms with Crippen molar-refractivity contribution in [2.24, 2.45) is 4.99 Å². The largest absolute Gasteiger partial charge is 0.357 e. The number of nitrogens with zero attached hydrogens (tertiary/aromatic N) is 3. The zero-order valence-electron chi connectivity index (χ0n) is 15.8. The molecule has 1 atom stereocenters. The topological polar surface area (TPSA) is 60.0 Å². The Morgan fingerprint density at radius 3 is 2.58 bits per heavy atom. The summed E-state index contributed by atoms with van der Waals surface area (Å²) in [5, 5.41) is 6.78. The Bertz CT molecular complexity index is 378. The molecule has 0 aromatic carbocycles. The van der Waals surface area contributed by atoms with E-state index >= 15 is 0 Å². The Labute approximate surface area is 164 Å². The summed E-state index contributed by atoms with van der Waals surface area (Å²) in [6.45, 7) is 14.9. The zero-order chi connectivity index (χ0) is 17.1. The monoisotopic (exact) mass is 453 g/mol. The van der Waals surface area contributed by atoms with E-state index in [1.54, 1.807) is 0 Å². The van der Waals surface area contributed by atoms with Crippen molar-refractivity contribution in [2.45, 2.75) is 53.0 Å². The summed E-state index contributed by atoms with van der Waals surface area (Å²) in [6.07, 6.45) is 2.76. The highest BCUT2D eigenvalue weighted by Crippen LogP contribution is 2.10. The van der Waals surface area contributed by atoms with E-state index in [9.17, 15) is 4.79 Å². The Balaban J connectivity index is 0.00000529. The molecule has 1 aliphatic heterocycles. The molecule has 0 spiro atoms. The van der Waals surface area contributed by atoms with Gasteiger partial charge in [-0.1, -0.05) is 20.8 Å². The molecule has 0 aromatic rings. The lowest BCUT2D eigenvalue weighted by molar-refractivity contribution is -0.129. The molecule has 0 radical (unpaired) electrons. The predicted molar refractivity (Wildman–Crippen MR) is 112 cm³/mol. The first-order chi connectivity index (χ1) is 11.1. The van der Waals surface area contributed by atoms with Gasteiger partial charge in [0, 0.05) is 38.6 Å². The summed E-state index contributed by atoms with van der Waals surface area (Å²) in [5.41, 5.74) is 0.